The number of anilines is 1. The minimum absolute atomic E-state index is 0.602. The summed E-state index contributed by atoms with van der Waals surface area (Å²) < 4.78 is 4.06. The first kappa shape index (κ1) is 12.2. The Bertz CT molecular complexity index is 615. The lowest BCUT2D eigenvalue weighted by Crippen LogP contribution is -2.00. The number of halogens is 2. The van der Waals surface area contributed by atoms with Crippen molar-refractivity contribution in [3.8, 4) is 11.3 Å². The first-order chi connectivity index (χ1) is 8.58. The van der Waals surface area contributed by atoms with E-state index in [0.717, 1.165) is 31.8 Å². The molecule has 0 atom stereocenters. The average molecular weight is 371 g/mol. The summed E-state index contributed by atoms with van der Waals surface area (Å²) in [5.74, 6) is 2.46. The Labute approximate surface area is 123 Å². The molecule has 1 aliphatic rings. The summed E-state index contributed by atoms with van der Waals surface area (Å²) in [6, 6.07) is 6.08. The van der Waals surface area contributed by atoms with Gasteiger partial charge in [0, 0.05) is 27.5 Å². The van der Waals surface area contributed by atoms with Crippen LogP contribution in [0, 0.1) is 0 Å². The number of nitrogen functional groups attached to an aromatic ring is 1. The van der Waals surface area contributed by atoms with E-state index in [1.54, 1.807) is 0 Å². The van der Waals surface area contributed by atoms with Gasteiger partial charge in [0.1, 0.15) is 17.3 Å². The second-order valence-electron chi connectivity index (χ2n) is 4.67. The first-order valence-corrected chi connectivity index (χ1v) is 7.44. The highest BCUT2D eigenvalue weighted by atomic mass is 79.9. The number of nitrogens with zero attached hydrogens (tertiary/aromatic N) is 2. The van der Waals surface area contributed by atoms with Crippen LogP contribution >= 0.6 is 31.9 Å². The van der Waals surface area contributed by atoms with Crippen molar-refractivity contribution in [3.63, 3.8) is 0 Å². The van der Waals surface area contributed by atoms with Crippen molar-refractivity contribution in [1.29, 1.82) is 0 Å². The van der Waals surface area contributed by atoms with E-state index in [1.165, 1.54) is 12.8 Å². The Morgan fingerprint density at radius 2 is 2.00 bits per heavy atom. The minimum Gasteiger partial charge on any atom is -0.383 e. The molecule has 0 spiro atoms. The van der Waals surface area contributed by atoms with Gasteiger partial charge in [-0.15, -0.1) is 0 Å². The third-order valence-electron chi connectivity index (χ3n) is 3.31. The third-order valence-corrected chi connectivity index (χ3v) is 5.19. The van der Waals surface area contributed by atoms with Crippen molar-refractivity contribution >= 4 is 37.7 Å². The van der Waals surface area contributed by atoms with E-state index >= 15 is 0 Å². The molecular weight excluding hydrogens is 358 g/mol. The van der Waals surface area contributed by atoms with E-state index in [0.29, 0.717) is 5.92 Å². The molecule has 18 heavy (non-hydrogen) atoms. The highest BCUT2D eigenvalue weighted by molar-refractivity contribution is 9.13. The number of benzene rings is 1. The second kappa shape index (κ2) is 4.38. The van der Waals surface area contributed by atoms with E-state index in [1.807, 2.05) is 29.8 Å². The molecule has 3 rings (SSSR count). The lowest BCUT2D eigenvalue weighted by atomic mass is 10.1. The minimum atomic E-state index is 0.602. The van der Waals surface area contributed by atoms with Crippen LogP contribution in [0.5, 0.6) is 0 Å². The SMILES string of the molecule is Cn1c(C2CC2)nc(-c2ccc(Br)c(Br)c2)c1N. The smallest absolute Gasteiger partial charge is 0.131 e. The normalized spacial score (nSPS) is 15.1. The van der Waals surface area contributed by atoms with Crippen LogP contribution < -0.4 is 5.73 Å². The fraction of sp³-hybridized carbons (Fsp3) is 0.308. The first-order valence-electron chi connectivity index (χ1n) is 5.85. The van der Waals surface area contributed by atoms with Crippen LogP contribution in [-0.2, 0) is 7.05 Å². The van der Waals surface area contributed by atoms with E-state index in [4.69, 9.17) is 10.7 Å². The number of aromatic nitrogens is 2. The van der Waals surface area contributed by atoms with Crippen LogP contribution in [0.1, 0.15) is 24.6 Å². The van der Waals surface area contributed by atoms with Crippen LogP contribution in [-0.4, -0.2) is 9.55 Å². The maximum Gasteiger partial charge on any atom is 0.131 e. The number of nitrogens with two attached hydrogens (primary N) is 1. The van der Waals surface area contributed by atoms with Crippen LogP contribution in [0.3, 0.4) is 0 Å². The van der Waals surface area contributed by atoms with Crippen molar-refractivity contribution in [3.05, 3.63) is 33.0 Å². The fourth-order valence-corrected chi connectivity index (χ4v) is 2.72. The van der Waals surface area contributed by atoms with Crippen molar-refractivity contribution in [2.24, 2.45) is 7.05 Å². The maximum absolute atomic E-state index is 6.16. The Morgan fingerprint density at radius 1 is 1.28 bits per heavy atom. The van der Waals surface area contributed by atoms with Crippen molar-refractivity contribution < 1.29 is 0 Å². The Morgan fingerprint density at radius 3 is 2.61 bits per heavy atom. The Hall–Kier alpha value is -0.810. The molecule has 0 unspecified atom stereocenters. The second-order valence-corrected chi connectivity index (χ2v) is 6.37. The van der Waals surface area contributed by atoms with Crippen LogP contribution in [0.4, 0.5) is 5.82 Å². The van der Waals surface area contributed by atoms with Gasteiger partial charge in [-0.3, -0.25) is 0 Å². The summed E-state index contributed by atoms with van der Waals surface area (Å²) in [4.78, 5) is 4.71. The van der Waals surface area contributed by atoms with E-state index in [2.05, 4.69) is 31.9 Å². The molecule has 94 valence electrons. The van der Waals surface area contributed by atoms with Crippen molar-refractivity contribution in [2.45, 2.75) is 18.8 Å². The number of rotatable bonds is 2. The molecule has 0 aliphatic heterocycles. The van der Waals surface area contributed by atoms with Gasteiger partial charge in [0.2, 0.25) is 0 Å². The summed E-state index contributed by atoms with van der Waals surface area (Å²) in [5.41, 5.74) is 8.09. The molecule has 0 radical (unpaired) electrons. The third kappa shape index (κ3) is 1.99. The van der Waals surface area contributed by atoms with Crippen LogP contribution in [0.15, 0.2) is 27.1 Å². The van der Waals surface area contributed by atoms with Gasteiger partial charge in [0.05, 0.1) is 0 Å². The molecule has 0 amide bonds. The van der Waals surface area contributed by atoms with Gasteiger partial charge in [0.25, 0.3) is 0 Å². The summed E-state index contributed by atoms with van der Waals surface area (Å²) in [5, 5.41) is 0. The quantitative estimate of drug-likeness (QED) is 0.865. The van der Waals surface area contributed by atoms with Crippen LogP contribution in [0.25, 0.3) is 11.3 Å². The molecule has 1 saturated carbocycles. The summed E-state index contributed by atoms with van der Waals surface area (Å²) >= 11 is 6.98. The van der Waals surface area contributed by atoms with Crippen molar-refractivity contribution in [2.75, 3.05) is 5.73 Å². The van der Waals surface area contributed by atoms with Crippen LogP contribution in [0.2, 0.25) is 0 Å². The standard InChI is InChI=1S/C13H13Br2N3/c1-18-12(16)11(17-13(18)7-2-3-7)8-4-5-9(14)10(15)6-8/h4-7H,2-3,16H2,1H3. The lowest BCUT2D eigenvalue weighted by molar-refractivity contribution is 0.807. The zero-order chi connectivity index (χ0) is 12.9. The Balaban J connectivity index is 2.10. The fourth-order valence-electron chi connectivity index (χ4n) is 2.09. The van der Waals surface area contributed by atoms with Gasteiger partial charge in [0.15, 0.2) is 0 Å². The Kier molecular flexibility index (Phi) is 2.98. The topological polar surface area (TPSA) is 43.8 Å². The predicted octanol–water partition coefficient (Wildman–Crippen LogP) is 4.07. The number of hydrogen-bond acceptors (Lipinski definition) is 2. The molecule has 1 fully saturated rings. The molecule has 0 bridgehead atoms. The zero-order valence-electron chi connectivity index (χ0n) is 9.95. The summed E-state index contributed by atoms with van der Waals surface area (Å²) in [6.45, 7) is 0. The van der Waals surface area contributed by atoms with Crippen molar-refractivity contribution in [1.82, 2.24) is 9.55 Å². The number of hydrogen-bond donors (Lipinski definition) is 1. The summed E-state index contributed by atoms with van der Waals surface area (Å²) in [6.07, 6.45) is 2.46. The van der Waals surface area contributed by atoms with Gasteiger partial charge in [-0.05, 0) is 56.8 Å². The molecule has 2 aromatic rings. The molecule has 3 nitrogen and oxygen atoms in total. The molecule has 1 aliphatic carbocycles. The van der Waals surface area contributed by atoms with Gasteiger partial charge in [-0.1, -0.05) is 6.07 Å². The largest absolute Gasteiger partial charge is 0.383 e. The molecule has 5 heteroatoms. The molecule has 1 heterocycles. The summed E-state index contributed by atoms with van der Waals surface area (Å²) in [7, 11) is 1.99. The molecule has 1 aromatic carbocycles. The molecule has 1 aromatic heterocycles. The highest BCUT2D eigenvalue weighted by Gasteiger charge is 2.29. The van der Waals surface area contributed by atoms with Gasteiger partial charge in [-0.25, -0.2) is 4.98 Å². The monoisotopic (exact) mass is 369 g/mol. The van der Waals surface area contributed by atoms with Gasteiger partial charge in [-0.2, -0.15) is 0 Å². The predicted molar refractivity (Wildman–Crippen MR) is 80.4 cm³/mol. The lowest BCUT2D eigenvalue weighted by Gasteiger charge is -2.02. The van der Waals surface area contributed by atoms with Gasteiger partial charge >= 0.3 is 0 Å². The van der Waals surface area contributed by atoms with Gasteiger partial charge < -0.3 is 10.3 Å². The van der Waals surface area contributed by atoms with E-state index in [-0.39, 0.29) is 0 Å². The van der Waals surface area contributed by atoms with E-state index in [9.17, 15) is 0 Å². The average Bonchev–Trinajstić information content (AvgIpc) is 3.13. The molecule has 0 saturated heterocycles. The van der Waals surface area contributed by atoms with E-state index < -0.39 is 0 Å². The zero-order valence-corrected chi connectivity index (χ0v) is 13.1. The maximum atomic E-state index is 6.16. The highest BCUT2D eigenvalue weighted by Crippen LogP contribution is 2.42. The number of imidazole rings is 1. The molecular formula is C13H13Br2N3. The molecule has 2 N–H and O–H groups in total.